The number of carbonyl (C=O) groups is 2. The maximum atomic E-state index is 12.2. The van der Waals surface area contributed by atoms with Gasteiger partial charge in [0.05, 0.1) is 6.54 Å². The minimum atomic E-state index is -0.795. The second-order valence-corrected chi connectivity index (χ2v) is 6.81. The van der Waals surface area contributed by atoms with E-state index in [-0.39, 0.29) is 30.5 Å². The van der Waals surface area contributed by atoms with E-state index in [1.165, 1.54) is 11.1 Å². The number of aryl methyl sites for hydroxylation is 1. The summed E-state index contributed by atoms with van der Waals surface area (Å²) in [7, 11) is 0. The number of carboxylic acids is 1. The van der Waals surface area contributed by atoms with E-state index in [9.17, 15) is 9.59 Å². The standard InChI is InChI=1S/C19H28N2O3/c1-4-21(12-19(23)24)16-10-15(11-16)20-18(22)9-14(3)17-8-6-5-7-13(17)2/h5-8,14-16H,4,9-12H2,1-3H3,(H,20,22)(H,23,24). The van der Waals surface area contributed by atoms with Gasteiger partial charge >= 0.3 is 5.97 Å². The van der Waals surface area contributed by atoms with Gasteiger partial charge in [0.2, 0.25) is 5.91 Å². The number of amides is 1. The third kappa shape index (κ3) is 4.81. The Kier molecular flexibility index (Phi) is 6.37. The van der Waals surface area contributed by atoms with Crippen LogP contribution in [0.15, 0.2) is 24.3 Å². The van der Waals surface area contributed by atoms with E-state index in [2.05, 4.69) is 31.3 Å². The smallest absolute Gasteiger partial charge is 0.317 e. The maximum absolute atomic E-state index is 12.2. The van der Waals surface area contributed by atoms with E-state index in [1.54, 1.807) is 0 Å². The molecule has 1 amide bonds. The lowest BCUT2D eigenvalue weighted by Crippen LogP contribution is -2.54. The molecule has 0 aromatic heterocycles. The van der Waals surface area contributed by atoms with Gasteiger partial charge in [-0.05, 0) is 43.4 Å². The van der Waals surface area contributed by atoms with Crippen molar-refractivity contribution >= 4 is 11.9 Å². The Balaban J connectivity index is 1.76. The first kappa shape index (κ1) is 18.5. The van der Waals surface area contributed by atoms with Crippen LogP contribution in [0.3, 0.4) is 0 Å². The summed E-state index contributed by atoms with van der Waals surface area (Å²) in [4.78, 5) is 25.1. The lowest BCUT2D eigenvalue weighted by molar-refractivity contribution is -0.139. The average molecular weight is 332 g/mol. The van der Waals surface area contributed by atoms with Crippen LogP contribution in [0.4, 0.5) is 0 Å². The first-order valence-corrected chi connectivity index (χ1v) is 8.71. The molecular formula is C19H28N2O3. The van der Waals surface area contributed by atoms with Crippen LogP contribution in [-0.2, 0) is 9.59 Å². The van der Waals surface area contributed by atoms with Crippen LogP contribution in [0, 0.1) is 6.92 Å². The van der Waals surface area contributed by atoms with Gasteiger partial charge < -0.3 is 10.4 Å². The predicted octanol–water partition coefficient (Wildman–Crippen LogP) is 2.54. The number of nitrogens with one attached hydrogen (secondary N) is 1. The van der Waals surface area contributed by atoms with Gasteiger partial charge in [0.15, 0.2) is 0 Å². The highest BCUT2D eigenvalue weighted by Crippen LogP contribution is 2.27. The summed E-state index contributed by atoms with van der Waals surface area (Å²) in [6, 6.07) is 8.62. The van der Waals surface area contributed by atoms with Crippen molar-refractivity contribution in [1.29, 1.82) is 0 Å². The number of likely N-dealkylation sites (N-methyl/N-ethyl adjacent to an activating group) is 1. The first-order valence-electron chi connectivity index (χ1n) is 8.71. The molecule has 1 aromatic rings. The number of carbonyl (C=O) groups excluding carboxylic acids is 1. The van der Waals surface area contributed by atoms with Gasteiger partial charge in [-0.15, -0.1) is 0 Å². The highest BCUT2D eigenvalue weighted by atomic mass is 16.4. The Bertz CT molecular complexity index is 582. The quantitative estimate of drug-likeness (QED) is 0.767. The molecule has 132 valence electrons. The van der Waals surface area contributed by atoms with Gasteiger partial charge in [0, 0.05) is 18.5 Å². The van der Waals surface area contributed by atoms with Crippen LogP contribution in [0.1, 0.15) is 50.2 Å². The van der Waals surface area contributed by atoms with Gasteiger partial charge in [-0.1, -0.05) is 38.1 Å². The number of hydrogen-bond donors (Lipinski definition) is 2. The summed E-state index contributed by atoms with van der Waals surface area (Å²) in [6.07, 6.45) is 2.16. The van der Waals surface area contributed by atoms with Crippen LogP contribution in [0.5, 0.6) is 0 Å². The number of rotatable bonds is 8. The molecule has 2 N–H and O–H groups in total. The number of hydrogen-bond acceptors (Lipinski definition) is 3. The highest BCUT2D eigenvalue weighted by Gasteiger charge is 2.34. The maximum Gasteiger partial charge on any atom is 0.317 e. The van der Waals surface area contributed by atoms with Crippen molar-refractivity contribution in [2.45, 2.75) is 58.0 Å². The van der Waals surface area contributed by atoms with E-state index >= 15 is 0 Å². The molecule has 1 aliphatic carbocycles. The van der Waals surface area contributed by atoms with Gasteiger partial charge in [-0.25, -0.2) is 0 Å². The molecule has 1 atom stereocenters. The van der Waals surface area contributed by atoms with Gasteiger partial charge in [-0.2, -0.15) is 0 Å². The van der Waals surface area contributed by atoms with Crippen LogP contribution < -0.4 is 5.32 Å². The third-order valence-corrected chi connectivity index (χ3v) is 4.95. The van der Waals surface area contributed by atoms with Crippen molar-refractivity contribution < 1.29 is 14.7 Å². The van der Waals surface area contributed by atoms with Gasteiger partial charge in [-0.3, -0.25) is 14.5 Å². The lowest BCUT2D eigenvalue weighted by Gasteiger charge is -2.42. The zero-order valence-corrected chi connectivity index (χ0v) is 14.8. The van der Waals surface area contributed by atoms with Crippen LogP contribution in [0.2, 0.25) is 0 Å². The number of aliphatic carboxylic acids is 1. The molecule has 0 heterocycles. The van der Waals surface area contributed by atoms with Crippen molar-refractivity contribution in [3.63, 3.8) is 0 Å². The van der Waals surface area contributed by atoms with Crippen molar-refractivity contribution in [1.82, 2.24) is 10.2 Å². The summed E-state index contributed by atoms with van der Waals surface area (Å²) in [5, 5.41) is 12.0. The molecule has 1 fully saturated rings. The second-order valence-electron chi connectivity index (χ2n) is 6.81. The van der Waals surface area contributed by atoms with Crippen molar-refractivity contribution in [2.75, 3.05) is 13.1 Å². The van der Waals surface area contributed by atoms with E-state index < -0.39 is 5.97 Å². The van der Waals surface area contributed by atoms with Crippen molar-refractivity contribution in [3.8, 4) is 0 Å². The van der Waals surface area contributed by atoms with Crippen LogP contribution in [0.25, 0.3) is 0 Å². The normalized spacial score (nSPS) is 21.2. The van der Waals surface area contributed by atoms with Gasteiger partial charge in [0.1, 0.15) is 0 Å². The zero-order chi connectivity index (χ0) is 17.7. The van der Waals surface area contributed by atoms with Crippen LogP contribution in [-0.4, -0.2) is 47.1 Å². The molecule has 0 radical (unpaired) electrons. The Hall–Kier alpha value is -1.88. The third-order valence-electron chi connectivity index (χ3n) is 4.95. The molecular weight excluding hydrogens is 304 g/mol. The van der Waals surface area contributed by atoms with E-state index in [0.717, 1.165) is 19.4 Å². The SMILES string of the molecule is CCN(CC(=O)O)C1CC(NC(=O)CC(C)c2ccccc2C)C1. The fourth-order valence-corrected chi connectivity index (χ4v) is 3.49. The molecule has 2 rings (SSSR count). The molecule has 5 nitrogen and oxygen atoms in total. The van der Waals surface area contributed by atoms with E-state index in [0.29, 0.717) is 6.42 Å². The monoisotopic (exact) mass is 332 g/mol. The average Bonchev–Trinajstić information content (AvgIpc) is 2.48. The minimum absolute atomic E-state index is 0.0755. The molecule has 1 unspecified atom stereocenters. The largest absolute Gasteiger partial charge is 0.480 e. The van der Waals surface area contributed by atoms with Crippen LogP contribution >= 0.6 is 0 Å². The number of carboxylic acid groups (broad SMARTS) is 1. The zero-order valence-electron chi connectivity index (χ0n) is 14.8. The number of benzene rings is 1. The summed E-state index contributed by atoms with van der Waals surface area (Å²) in [5.74, 6) is -0.520. The van der Waals surface area contributed by atoms with E-state index in [4.69, 9.17) is 5.11 Å². The van der Waals surface area contributed by atoms with E-state index in [1.807, 2.05) is 24.0 Å². The highest BCUT2D eigenvalue weighted by molar-refractivity contribution is 5.77. The Morgan fingerprint density at radius 1 is 1.33 bits per heavy atom. The minimum Gasteiger partial charge on any atom is -0.480 e. The fourth-order valence-electron chi connectivity index (χ4n) is 3.49. The Morgan fingerprint density at radius 2 is 2.00 bits per heavy atom. The molecule has 5 heteroatoms. The topological polar surface area (TPSA) is 69.6 Å². The van der Waals surface area contributed by atoms with Gasteiger partial charge in [0.25, 0.3) is 0 Å². The summed E-state index contributed by atoms with van der Waals surface area (Å²) in [5.41, 5.74) is 2.44. The summed E-state index contributed by atoms with van der Waals surface area (Å²) >= 11 is 0. The molecule has 0 spiro atoms. The molecule has 1 saturated carbocycles. The molecule has 0 aliphatic heterocycles. The lowest BCUT2D eigenvalue weighted by atomic mass is 9.85. The molecule has 24 heavy (non-hydrogen) atoms. The summed E-state index contributed by atoms with van der Waals surface area (Å²) < 4.78 is 0. The fraction of sp³-hybridized carbons (Fsp3) is 0.579. The molecule has 0 bridgehead atoms. The van der Waals surface area contributed by atoms with Crippen molar-refractivity contribution in [2.24, 2.45) is 0 Å². The second kappa shape index (κ2) is 8.29. The summed E-state index contributed by atoms with van der Waals surface area (Å²) in [6.45, 7) is 6.92. The molecule has 0 saturated heterocycles. The Labute approximate surface area is 144 Å². The Morgan fingerprint density at radius 3 is 2.58 bits per heavy atom. The molecule has 1 aliphatic rings. The van der Waals surface area contributed by atoms with Crippen molar-refractivity contribution in [3.05, 3.63) is 35.4 Å². The predicted molar refractivity (Wildman–Crippen MR) is 94.0 cm³/mol. The first-order chi connectivity index (χ1) is 11.4. The molecule has 1 aromatic carbocycles. The number of nitrogens with zero attached hydrogens (tertiary/aromatic N) is 1.